The molecule has 1 aromatic carbocycles. The number of non-ortho nitro benzene ring substituents is 1. The molecule has 0 saturated heterocycles. The van der Waals surface area contributed by atoms with Gasteiger partial charge >= 0.3 is 5.97 Å². The SMILES string of the molecule is CCCCCOC(=O)c1cc([N+](=O)[O-])ccc1[O]. The molecule has 0 fully saturated rings. The van der Waals surface area contributed by atoms with Crippen molar-refractivity contribution < 1.29 is 19.6 Å². The van der Waals surface area contributed by atoms with Gasteiger partial charge in [-0.25, -0.2) is 4.79 Å². The van der Waals surface area contributed by atoms with Crippen molar-refractivity contribution in [2.24, 2.45) is 0 Å². The number of rotatable bonds is 6. The Morgan fingerprint density at radius 1 is 1.39 bits per heavy atom. The number of hydrogen-bond acceptors (Lipinski definition) is 4. The van der Waals surface area contributed by atoms with Crippen molar-refractivity contribution in [2.45, 2.75) is 26.2 Å². The number of nitro groups is 1. The van der Waals surface area contributed by atoms with Crippen LogP contribution in [0.5, 0.6) is 5.75 Å². The molecule has 1 rings (SSSR count). The maximum absolute atomic E-state index is 11.6. The van der Waals surface area contributed by atoms with Gasteiger partial charge in [0.1, 0.15) is 5.56 Å². The normalized spacial score (nSPS) is 10.1. The zero-order valence-corrected chi connectivity index (χ0v) is 10.0. The predicted molar refractivity (Wildman–Crippen MR) is 63.0 cm³/mol. The molecule has 0 spiro atoms. The van der Waals surface area contributed by atoms with Crippen molar-refractivity contribution in [1.29, 1.82) is 0 Å². The molecular formula is C12H14NO5. The molecule has 0 aromatic heterocycles. The first-order valence-corrected chi connectivity index (χ1v) is 5.68. The van der Waals surface area contributed by atoms with E-state index < -0.39 is 16.6 Å². The van der Waals surface area contributed by atoms with E-state index in [0.29, 0.717) is 6.42 Å². The van der Waals surface area contributed by atoms with Crippen LogP contribution in [0.15, 0.2) is 18.2 Å². The van der Waals surface area contributed by atoms with Crippen molar-refractivity contribution in [3.05, 3.63) is 33.9 Å². The Hall–Kier alpha value is -2.11. The minimum Gasteiger partial charge on any atom is -0.462 e. The summed E-state index contributed by atoms with van der Waals surface area (Å²) in [7, 11) is 0. The van der Waals surface area contributed by atoms with Crippen LogP contribution in [-0.2, 0) is 9.84 Å². The highest BCUT2D eigenvalue weighted by Gasteiger charge is 2.18. The number of carbonyl (C=O) groups is 1. The summed E-state index contributed by atoms with van der Waals surface area (Å²) >= 11 is 0. The molecular weight excluding hydrogens is 238 g/mol. The molecule has 0 aliphatic rings. The molecule has 1 aromatic rings. The van der Waals surface area contributed by atoms with Gasteiger partial charge in [-0.15, -0.1) is 0 Å². The maximum Gasteiger partial charge on any atom is 0.342 e. The maximum atomic E-state index is 11.6. The molecule has 0 saturated carbocycles. The van der Waals surface area contributed by atoms with Crippen LogP contribution in [0.3, 0.4) is 0 Å². The van der Waals surface area contributed by atoms with Gasteiger partial charge < -0.3 is 4.74 Å². The summed E-state index contributed by atoms with van der Waals surface area (Å²) in [4.78, 5) is 21.4. The fourth-order valence-electron chi connectivity index (χ4n) is 1.39. The van der Waals surface area contributed by atoms with Gasteiger partial charge in [0.2, 0.25) is 0 Å². The lowest BCUT2D eigenvalue weighted by Gasteiger charge is -2.04. The summed E-state index contributed by atoms with van der Waals surface area (Å²) in [6.07, 6.45) is 2.62. The Morgan fingerprint density at radius 2 is 2.11 bits per heavy atom. The smallest absolute Gasteiger partial charge is 0.342 e. The second-order valence-corrected chi connectivity index (χ2v) is 3.78. The van der Waals surface area contributed by atoms with E-state index in [0.717, 1.165) is 31.0 Å². The van der Waals surface area contributed by atoms with E-state index >= 15 is 0 Å². The lowest BCUT2D eigenvalue weighted by molar-refractivity contribution is -0.384. The number of nitrogens with zero attached hydrogens (tertiary/aromatic N) is 1. The van der Waals surface area contributed by atoms with E-state index in [1.165, 1.54) is 0 Å². The molecule has 0 heterocycles. The van der Waals surface area contributed by atoms with E-state index in [-0.39, 0.29) is 17.9 Å². The van der Waals surface area contributed by atoms with Crippen LogP contribution in [0.25, 0.3) is 0 Å². The first kappa shape index (κ1) is 14.0. The number of benzene rings is 1. The van der Waals surface area contributed by atoms with E-state index in [4.69, 9.17) is 4.74 Å². The van der Waals surface area contributed by atoms with E-state index in [2.05, 4.69) is 0 Å². The van der Waals surface area contributed by atoms with Crippen LogP contribution in [-0.4, -0.2) is 17.5 Å². The summed E-state index contributed by atoms with van der Waals surface area (Å²) in [6, 6.07) is 3.02. The third-order valence-electron chi connectivity index (χ3n) is 2.37. The van der Waals surface area contributed by atoms with Gasteiger partial charge in [0.05, 0.1) is 11.5 Å². The molecule has 18 heavy (non-hydrogen) atoms. The molecule has 6 nitrogen and oxygen atoms in total. The Kier molecular flexibility index (Phi) is 5.10. The highest BCUT2D eigenvalue weighted by atomic mass is 16.6. The second-order valence-electron chi connectivity index (χ2n) is 3.78. The lowest BCUT2D eigenvalue weighted by Crippen LogP contribution is -2.07. The van der Waals surface area contributed by atoms with E-state index in [1.807, 2.05) is 6.92 Å². The zero-order chi connectivity index (χ0) is 13.5. The Bertz CT molecular complexity index is 444. The fraction of sp³-hybridized carbons (Fsp3) is 0.417. The van der Waals surface area contributed by atoms with Gasteiger partial charge in [0, 0.05) is 12.1 Å². The Balaban J connectivity index is 2.72. The van der Waals surface area contributed by atoms with Crippen LogP contribution in [0, 0.1) is 10.1 Å². The Morgan fingerprint density at radius 3 is 2.72 bits per heavy atom. The number of nitro benzene ring substituents is 1. The average molecular weight is 252 g/mol. The van der Waals surface area contributed by atoms with Gasteiger partial charge in [-0.2, -0.15) is 0 Å². The zero-order valence-electron chi connectivity index (χ0n) is 10.0. The van der Waals surface area contributed by atoms with Gasteiger partial charge in [-0.05, 0) is 12.5 Å². The third kappa shape index (κ3) is 3.73. The monoisotopic (exact) mass is 252 g/mol. The van der Waals surface area contributed by atoms with Gasteiger partial charge in [0.15, 0.2) is 5.75 Å². The van der Waals surface area contributed by atoms with Crippen molar-refractivity contribution in [1.82, 2.24) is 0 Å². The number of hydrogen-bond donors (Lipinski definition) is 0. The predicted octanol–water partition coefficient (Wildman–Crippen LogP) is 3.09. The molecule has 1 radical (unpaired) electrons. The molecule has 0 aliphatic heterocycles. The number of unbranched alkanes of at least 4 members (excludes halogenated alkanes) is 2. The van der Waals surface area contributed by atoms with Crippen molar-refractivity contribution in [3.63, 3.8) is 0 Å². The van der Waals surface area contributed by atoms with Crippen LogP contribution in [0.2, 0.25) is 0 Å². The van der Waals surface area contributed by atoms with Gasteiger partial charge in [-0.1, -0.05) is 19.8 Å². The Labute approximate surface area is 104 Å². The molecule has 0 atom stereocenters. The summed E-state index contributed by atoms with van der Waals surface area (Å²) in [6.45, 7) is 2.23. The summed E-state index contributed by atoms with van der Waals surface area (Å²) in [5, 5.41) is 21.9. The molecule has 0 amide bonds. The third-order valence-corrected chi connectivity index (χ3v) is 2.37. The molecule has 0 N–H and O–H groups in total. The quantitative estimate of drug-likeness (QED) is 0.336. The molecule has 0 bridgehead atoms. The van der Waals surface area contributed by atoms with Gasteiger partial charge in [-0.3, -0.25) is 15.2 Å². The minimum absolute atomic E-state index is 0.217. The number of ether oxygens (including phenoxy) is 1. The highest BCUT2D eigenvalue weighted by Crippen LogP contribution is 2.24. The fourth-order valence-corrected chi connectivity index (χ4v) is 1.39. The minimum atomic E-state index is -0.806. The number of carbonyl (C=O) groups excluding carboxylic acids is 1. The van der Waals surface area contributed by atoms with Crippen LogP contribution >= 0.6 is 0 Å². The first-order chi connectivity index (χ1) is 8.56. The number of esters is 1. The van der Waals surface area contributed by atoms with Crippen molar-refractivity contribution >= 4 is 11.7 Å². The topological polar surface area (TPSA) is 89.3 Å². The molecule has 0 aliphatic carbocycles. The van der Waals surface area contributed by atoms with Gasteiger partial charge in [0.25, 0.3) is 5.69 Å². The summed E-state index contributed by atoms with van der Waals surface area (Å²) in [5.41, 5.74) is -0.587. The van der Waals surface area contributed by atoms with Crippen molar-refractivity contribution in [2.75, 3.05) is 6.61 Å². The average Bonchev–Trinajstić information content (AvgIpc) is 2.34. The van der Waals surface area contributed by atoms with Crippen LogP contribution in [0.4, 0.5) is 5.69 Å². The molecule has 0 unspecified atom stereocenters. The van der Waals surface area contributed by atoms with E-state index in [9.17, 15) is 20.0 Å². The van der Waals surface area contributed by atoms with Crippen LogP contribution < -0.4 is 0 Å². The standard InChI is InChI=1S/C12H14NO5/c1-2-3-4-7-18-12(15)10-8-9(13(16)17)5-6-11(10)14/h5-6,8H,2-4,7H2,1H3. The van der Waals surface area contributed by atoms with E-state index in [1.54, 1.807) is 0 Å². The highest BCUT2D eigenvalue weighted by molar-refractivity contribution is 5.93. The second kappa shape index (κ2) is 6.58. The van der Waals surface area contributed by atoms with Crippen LogP contribution in [0.1, 0.15) is 36.5 Å². The first-order valence-electron chi connectivity index (χ1n) is 5.68. The lowest BCUT2D eigenvalue weighted by atomic mass is 10.2. The summed E-state index contributed by atoms with van der Waals surface area (Å²) in [5.74, 6) is -1.37. The molecule has 97 valence electrons. The van der Waals surface area contributed by atoms with Crippen molar-refractivity contribution in [3.8, 4) is 5.75 Å². The largest absolute Gasteiger partial charge is 0.462 e. The molecule has 6 heteroatoms. The summed E-state index contributed by atoms with van der Waals surface area (Å²) < 4.78 is 4.88.